The van der Waals surface area contributed by atoms with E-state index in [0.717, 1.165) is 49.7 Å². The number of hydrogen-bond acceptors (Lipinski definition) is 7. The molecule has 0 radical (unpaired) electrons. The van der Waals surface area contributed by atoms with Crippen LogP contribution in [0.15, 0.2) is 19.0 Å². The maximum Gasteiger partial charge on any atom is 0.234 e. The summed E-state index contributed by atoms with van der Waals surface area (Å²) in [5.74, 6) is 0.842. The van der Waals surface area contributed by atoms with Crippen molar-refractivity contribution in [2.75, 3.05) is 44.2 Å². The standard InChI is InChI=1S/C15H22N8O/c1-3-5-16-12(24)10-21-6-8-22(9-7-21)14-13-15(18-11-17-14)23(4-2)20-19-13/h3,11H,1,4-10H2,2H3,(H,16,24). The Balaban J connectivity index is 1.64. The minimum Gasteiger partial charge on any atom is -0.352 e. The van der Waals surface area contributed by atoms with Crippen LogP contribution in [0.4, 0.5) is 5.82 Å². The first-order chi connectivity index (χ1) is 11.7. The fourth-order valence-corrected chi connectivity index (χ4v) is 2.79. The molecule has 0 aromatic carbocycles. The molecule has 1 aliphatic rings. The number of aromatic nitrogens is 5. The van der Waals surface area contributed by atoms with Crippen LogP contribution in [0.25, 0.3) is 11.2 Å². The van der Waals surface area contributed by atoms with Gasteiger partial charge in [-0.15, -0.1) is 11.7 Å². The van der Waals surface area contributed by atoms with Gasteiger partial charge in [0.2, 0.25) is 5.91 Å². The predicted molar refractivity (Wildman–Crippen MR) is 90.7 cm³/mol. The number of fused-ring (bicyclic) bond motifs is 1. The number of piperazine rings is 1. The number of rotatable bonds is 6. The van der Waals surface area contributed by atoms with Crippen molar-refractivity contribution >= 4 is 22.9 Å². The number of amides is 1. The quantitative estimate of drug-likeness (QED) is 0.725. The lowest BCUT2D eigenvalue weighted by atomic mass is 10.3. The van der Waals surface area contributed by atoms with Crippen LogP contribution in [0.5, 0.6) is 0 Å². The lowest BCUT2D eigenvalue weighted by molar-refractivity contribution is -0.122. The molecule has 128 valence electrons. The molecule has 1 fully saturated rings. The van der Waals surface area contributed by atoms with Crippen LogP contribution in [0.1, 0.15) is 6.92 Å². The third-order valence-corrected chi connectivity index (χ3v) is 4.06. The Labute approximate surface area is 140 Å². The highest BCUT2D eigenvalue weighted by atomic mass is 16.2. The van der Waals surface area contributed by atoms with Crippen LogP contribution in [-0.4, -0.2) is 75.0 Å². The van der Waals surface area contributed by atoms with Crippen molar-refractivity contribution < 1.29 is 4.79 Å². The first kappa shape index (κ1) is 16.3. The van der Waals surface area contributed by atoms with E-state index in [1.165, 1.54) is 0 Å². The molecule has 1 saturated heterocycles. The molecule has 0 bridgehead atoms. The Morgan fingerprint density at radius 1 is 1.33 bits per heavy atom. The topological polar surface area (TPSA) is 92.1 Å². The number of carbonyl (C=O) groups is 1. The van der Waals surface area contributed by atoms with Crippen LogP contribution < -0.4 is 10.2 Å². The van der Waals surface area contributed by atoms with Crippen molar-refractivity contribution in [3.05, 3.63) is 19.0 Å². The first-order valence-corrected chi connectivity index (χ1v) is 8.12. The predicted octanol–water partition coefficient (Wildman–Crippen LogP) is -0.335. The van der Waals surface area contributed by atoms with Crippen LogP contribution in [0, 0.1) is 0 Å². The summed E-state index contributed by atoms with van der Waals surface area (Å²) in [5, 5.41) is 11.1. The normalized spacial score (nSPS) is 15.6. The molecular weight excluding hydrogens is 308 g/mol. The number of anilines is 1. The second kappa shape index (κ2) is 7.35. The highest BCUT2D eigenvalue weighted by molar-refractivity contribution is 5.82. The number of aryl methyl sites for hydroxylation is 1. The summed E-state index contributed by atoms with van der Waals surface area (Å²) in [5.41, 5.74) is 1.49. The lowest BCUT2D eigenvalue weighted by Crippen LogP contribution is -2.49. The summed E-state index contributed by atoms with van der Waals surface area (Å²) in [6.45, 7) is 10.4. The Morgan fingerprint density at radius 2 is 2.12 bits per heavy atom. The Morgan fingerprint density at radius 3 is 2.83 bits per heavy atom. The summed E-state index contributed by atoms with van der Waals surface area (Å²) in [6.07, 6.45) is 3.24. The zero-order valence-corrected chi connectivity index (χ0v) is 13.9. The third kappa shape index (κ3) is 3.35. The van der Waals surface area contributed by atoms with Gasteiger partial charge in [-0.1, -0.05) is 11.3 Å². The van der Waals surface area contributed by atoms with Crippen molar-refractivity contribution in [3.63, 3.8) is 0 Å². The average Bonchev–Trinajstić information content (AvgIpc) is 3.04. The van der Waals surface area contributed by atoms with E-state index < -0.39 is 0 Å². The van der Waals surface area contributed by atoms with Gasteiger partial charge in [0.1, 0.15) is 6.33 Å². The molecule has 0 spiro atoms. The zero-order chi connectivity index (χ0) is 16.9. The van der Waals surface area contributed by atoms with E-state index in [1.54, 1.807) is 17.1 Å². The maximum atomic E-state index is 11.8. The Hall–Kier alpha value is -2.55. The van der Waals surface area contributed by atoms with E-state index in [-0.39, 0.29) is 5.91 Å². The molecule has 0 atom stereocenters. The van der Waals surface area contributed by atoms with Crippen molar-refractivity contribution in [3.8, 4) is 0 Å². The SMILES string of the molecule is C=CCNC(=O)CN1CCN(c2ncnc3c2nnn3CC)CC1. The molecule has 1 amide bonds. The van der Waals surface area contributed by atoms with E-state index in [1.807, 2.05) is 6.92 Å². The van der Waals surface area contributed by atoms with Crippen LogP contribution >= 0.6 is 0 Å². The van der Waals surface area contributed by atoms with Gasteiger partial charge < -0.3 is 10.2 Å². The number of nitrogens with zero attached hydrogens (tertiary/aromatic N) is 7. The molecule has 3 heterocycles. The van der Waals surface area contributed by atoms with Gasteiger partial charge in [-0.2, -0.15) is 0 Å². The van der Waals surface area contributed by atoms with Gasteiger partial charge in [0.05, 0.1) is 6.54 Å². The largest absolute Gasteiger partial charge is 0.352 e. The van der Waals surface area contributed by atoms with Crippen LogP contribution in [0.3, 0.4) is 0 Å². The van der Waals surface area contributed by atoms with E-state index in [4.69, 9.17) is 0 Å². The maximum absolute atomic E-state index is 11.8. The van der Waals surface area contributed by atoms with Gasteiger partial charge >= 0.3 is 0 Å². The number of hydrogen-bond donors (Lipinski definition) is 1. The van der Waals surface area contributed by atoms with Gasteiger partial charge in [-0.3, -0.25) is 9.69 Å². The molecular formula is C15H22N8O. The molecule has 2 aromatic rings. The van der Waals surface area contributed by atoms with E-state index in [9.17, 15) is 4.79 Å². The second-order valence-electron chi connectivity index (χ2n) is 5.63. The molecule has 0 aliphatic carbocycles. The first-order valence-electron chi connectivity index (χ1n) is 8.12. The van der Waals surface area contributed by atoms with Gasteiger partial charge in [-0.25, -0.2) is 14.6 Å². The van der Waals surface area contributed by atoms with Crippen molar-refractivity contribution in [1.29, 1.82) is 0 Å². The van der Waals surface area contributed by atoms with E-state index >= 15 is 0 Å². The minimum absolute atomic E-state index is 0.0265. The van der Waals surface area contributed by atoms with Gasteiger partial charge in [0.15, 0.2) is 17.0 Å². The molecule has 0 unspecified atom stereocenters. The summed E-state index contributed by atoms with van der Waals surface area (Å²) in [6, 6.07) is 0. The van der Waals surface area contributed by atoms with Gasteiger partial charge in [0, 0.05) is 39.3 Å². The molecule has 1 N–H and O–H groups in total. The monoisotopic (exact) mass is 330 g/mol. The second-order valence-corrected chi connectivity index (χ2v) is 5.63. The Bertz CT molecular complexity index is 719. The highest BCUT2D eigenvalue weighted by Gasteiger charge is 2.23. The molecule has 9 heteroatoms. The molecule has 0 saturated carbocycles. The van der Waals surface area contributed by atoms with E-state index in [0.29, 0.717) is 13.1 Å². The van der Waals surface area contributed by atoms with Gasteiger partial charge in [0.25, 0.3) is 0 Å². The average molecular weight is 330 g/mol. The van der Waals surface area contributed by atoms with Gasteiger partial charge in [-0.05, 0) is 6.92 Å². The van der Waals surface area contributed by atoms with E-state index in [2.05, 4.69) is 42.0 Å². The van der Waals surface area contributed by atoms with Crippen LogP contribution in [-0.2, 0) is 11.3 Å². The van der Waals surface area contributed by atoms with Crippen molar-refractivity contribution in [2.45, 2.75) is 13.5 Å². The summed E-state index contributed by atoms with van der Waals surface area (Å²) in [7, 11) is 0. The number of carbonyl (C=O) groups excluding carboxylic acids is 1. The smallest absolute Gasteiger partial charge is 0.234 e. The Kier molecular flexibility index (Phi) is 4.99. The molecule has 3 rings (SSSR count). The molecule has 9 nitrogen and oxygen atoms in total. The summed E-state index contributed by atoms with van der Waals surface area (Å²) >= 11 is 0. The van der Waals surface area contributed by atoms with Crippen molar-refractivity contribution in [1.82, 2.24) is 35.2 Å². The minimum atomic E-state index is 0.0265. The van der Waals surface area contributed by atoms with Crippen molar-refractivity contribution in [2.24, 2.45) is 0 Å². The summed E-state index contributed by atoms with van der Waals surface area (Å²) < 4.78 is 1.76. The molecule has 1 aliphatic heterocycles. The number of nitrogens with one attached hydrogen (secondary N) is 1. The highest BCUT2D eigenvalue weighted by Crippen LogP contribution is 2.21. The lowest BCUT2D eigenvalue weighted by Gasteiger charge is -2.34. The fraction of sp³-hybridized carbons (Fsp3) is 0.533. The molecule has 2 aromatic heterocycles. The fourth-order valence-electron chi connectivity index (χ4n) is 2.79. The summed E-state index contributed by atoms with van der Waals surface area (Å²) in [4.78, 5) is 24.8. The third-order valence-electron chi connectivity index (χ3n) is 4.06. The zero-order valence-electron chi connectivity index (χ0n) is 13.9. The molecule has 24 heavy (non-hydrogen) atoms. The van der Waals surface area contributed by atoms with Crippen LogP contribution in [0.2, 0.25) is 0 Å².